The second-order valence-corrected chi connectivity index (χ2v) is 4.47. The van der Waals surface area contributed by atoms with Crippen LogP contribution in [0.25, 0.3) is 6.08 Å². The number of pyridine rings is 1. The number of non-ortho nitro benzene ring substituents is 1. The number of nitro benzene ring substituents is 1. The molecule has 21 heavy (non-hydrogen) atoms. The number of carbonyl (C=O) groups is 1. The lowest BCUT2D eigenvalue weighted by atomic mass is 10.2. The van der Waals surface area contributed by atoms with Crippen molar-refractivity contribution >= 4 is 35.1 Å². The number of nitrogens with one attached hydrogen (secondary N) is 1. The molecule has 6 nitrogen and oxygen atoms in total. The topological polar surface area (TPSA) is 85.1 Å². The Hall–Kier alpha value is -2.73. The van der Waals surface area contributed by atoms with Gasteiger partial charge < -0.3 is 5.32 Å². The van der Waals surface area contributed by atoms with Crippen LogP contribution in [0.3, 0.4) is 0 Å². The smallest absolute Gasteiger partial charge is 0.269 e. The minimum Gasteiger partial charge on any atom is -0.307 e. The maximum Gasteiger partial charge on any atom is 0.269 e. The number of aromatic nitrogens is 1. The molecule has 7 heteroatoms. The first-order chi connectivity index (χ1) is 10.0. The minimum atomic E-state index is -0.480. The molecule has 0 saturated heterocycles. The second kappa shape index (κ2) is 6.62. The summed E-state index contributed by atoms with van der Waals surface area (Å²) < 4.78 is 0. The highest BCUT2D eigenvalue weighted by Crippen LogP contribution is 2.13. The van der Waals surface area contributed by atoms with Gasteiger partial charge in [-0.2, -0.15) is 0 Å². The zero-order valence-corrected chi connectivity index (χ0v) is 11.4. The Morgan fingerprint density at radius 3 is 2.52 bits per heavy atom. The Morgan fingerprint density at radius 2 is 1.95 bits per heavy atom. The number of anilines is 1. The van der Waals surface area contributed by atoms with E-state index in [4.69, 9.17) is 11.6 Å². The van der Waals surface area contributed by atoms with E-state index >= 15 is 0 Å². The molecule has 1 aromatic heterocycles. The van der Waals surface area contributed by atoms with E-state index in [0.717, 1.165) is 0 Å². The summed E-state index contributed by atoms with van der Waals surface area (Å²) in [6.45, 7) is 0. The van der Waals surface area contributed by atoms with Gasteiger partial charge in [-0.15, -0.1) is 0 Å². The van der Waals surface area contributed by atoms with E-state index in [1.165, 1.54) is 24.4 Å². The quantitative estimate of drug-likeness (QED) is 0.533. The van der Waals surface area contributed by atoms with Crippen LogP contribution in [0.4, 0.5) is 11.5 Å². The van der Waals surface area contributed by atoms with Crippen molar-refractivity contribution in [3.63, 3.8) is 0 Å². The lowest BCUT2D eigenvalue weighted by molar-refractivity contribution is -0.384. The number of carbonyl (C=O) groups excluding carboxylic acids is 1. The van der Waals surface area contributed by atoms with Gasteiger partial charge in [-0.1, -0.05) is 11.6 Å². The van der Waals surface area contributed by atoms with Gasteiger partial charge in [-0.25, -0.2) is 4.98 Å². The predicted molar refractivity (Wildman–Crippen MR) is 80.0 cm³/mol. The minimum absolute atomic E-state index is 0.00182. The maximum atomic E-state index is 11.7. The van der Waals surface area contributed by atoms with E-state index in [9.17, 15) is 14.9 Å². The van der Waals surface area contributed by atoms with Crippen LogP contribution < -0.4 is 5.32 Å². The first-order valence-electron chi connectivity index (χ1n) is 5.90. The van der Waals surface area contributed by atoms with E-state index in [1.807, 2.05) is 0 Å². The number of benzene rings is 1. The highest BCUT2D eigenvalue weighted by Gasteiger charge is 2.03. The van der Waals surface area contributed by atoms with Crippen LogP contribution in [-0.2, 0) is 4.79 Å². The van der Waals surface area contributed by atoms with Crippen LogP contribution in [0.2, 0.25) is 5.02 Å². The number of hydrogen-bond donors (Lipinski definition) is 1. The summed E-state index contributed by atoms with van der Waals surface area (Å²) in [6.07, 6.45) is 4.30. The summed E-state index contributed by atoms with van der Waals surface area (Å²) >= 11 is 5.69. The predicted octanol–water partition coefficient (Wildman–Crippen LogP) is 3.30. The molecule has 0 aliphatic heterocycles. The number of amides is 1. The summed E-state index contributed by atoms with van der Waals surface area (Å²) in [5.41, 5.74) is 0.682. The molecular weight excluding hydrogens is 294 g/mol. The molecule has 1 N–H and O–H groups in total. The van der Waals surface area contributed by atoms with Gasteiger partial charge in [0.05, 0.1) is 9.95 Å². The van der Waals surface area contributed by atoms with Crippen LogP contribution in [0.1, 0.15) is 5.56 Å². The fraction of sp³-hybridized carbons (Fsp3) is 0. The standard InChI is InChI=1S/C14H10ClN3O3/c15-11-4-7-13(16-9-11)17-14(19)8-3-10-1-5-12(6-2-10)18(20)21/h1-9H,(H,16,17,19)/b8-3+. The molecule has 2 aromatic rings. The van der Waals surface area contributed by atoms with Crippen molar-refractivity contribution in [1.29, 1.82) is 0 Å². The number of halogens is 1. The van der Waals surface area contributed by atoms with Gasteiger partial charge in [-0.05, 0) is 35.9 Å². The average Bonchev–Trinajstić information content (AvgIpc) is 2.48. The molecule has 1 heterocycles. The molecule has 1 aromatic carbocycles. The fourth-order valence-electron chi connectivity index (χ4n) is 1.50. The highest BCUT2D eigenvalue weighted by molar-refractivity contribution is 6.30. The zero-order valence-electron chi connectivity index (χ0n) is 10.7. The van der Waals surface area contributed by atoms with E-state index in [1.54, 1.807) is 30.3 Å². The largest absolute Gasteiger partial charge is 0.307 e. The van der Waals surface area contributed by atoms with Crippen molar-refractivity contribution in [1.82, 2.24) is 4.98 Å². The molecule has 0 saturated carbocycles. The fourth-order valence-corrected chi connectivity index (χ4v) is 1.61. The van der Waals surface area contributed by atoms with Gasteiger partial charge in [0.1, 0.15) is 5.82 Å². The van der Waals surface area contributed by atoms with E-state index in [-0.39, 0.29) is 11.6 Å². The first-order valence-corrected chi connectivity index (χ1v) is 6.27. The van der Waals surface area contributed by atoms with Crippen molar-refractivity contribution in [2.45, 2.75) is 0 Å². The summed E-state index contributed by atoms with van der Waals surface area (Å²) in [4.78, 5) is 25.6. The zero-order chi connectivity index (χ0) is 15.2. The van der Waals surface area contributed by atoms with Gasteiger partial charge >= 0.3 is 0 Å². The molecule has 1 amide bonds. The number of nitrogens with zero attached hydrogens (tertiary/aromatic N) is 2. The van der Waals surface area contributed by atoms with Crippen LogP contribution >= 0.6 is 11.6 Å². The summed E-state index contributed by atoms with van der Waals surface area (Å²) in [5, 5.41) is 13.6. The second-order valence-electron chi connectivity index (χ2n) is 4.03. The Morgan fingerprint density at radius 1 is 1.24 bits per heavy atom. The van der Waals surface area contributed by atoms with Gasteiger partial charge in [0.2, 0.25) is 5.91 Å². The Bertz CT molecular complexity index is 682. The number of rotatable bonds is 4. The normalized spacial score (nSPS) is 10.5. The highest BCUT2D eigenvalue weighted by atomic mass is 35.5. The molecule has 0 aliphatic rings. The van der Waals surface area contributed by atoms with Crippen molar-refractivity contribution in [3.8, 4) is 0 Å². The number of hydrogen-bond acceptors (Lipinski definition) is 4. The molecule has 0 radical (unpaired) electrons. The van der Waals surface area contributed by atoms with Gasteiger partial charge in [-0.3, -0.25) is 14.9 Å². The third-order valence-electron chi connectivity index (χ3n) is 2.51. The Labute approximate surface area is 125 Å². The van der Waals surface area contributed by atoms with Gasteiger partial charge in [0.15, 0.2) is 0 Å². The molecule has 0 fully saturated rings. The van der Waals surface area contributed by atoms with E-state index in [0.29, 0.717) is 16.4 Å². The van der Waals surface area contributed by atoms with Crippen LogP contribution in [0, 0.1) is 10.1 Å². The SMILES string of the molecule is O=C(/C=C/c1ccc([N+](=O)[O-])cc1)Nc1ccc(Cl)cn1. The van der Waals surface area contributed by atoms with Crippen molar-refractivity contribution in [3.05, 3.63) is 69.4 Å². The molecule has 0 aliphatic carbocycles. The van der Waals surface area contributed by atoms with Crippen LogP contribution in [0.15, 0.2) is 48.7 Å². The third kappa shape index (κ3) is 4.39. The van der Waals surface area contributed by atoms with Crippen molar-refractivity contribution < 1.29 is 9.72 Å². The van der Waals surface area contributed by atoms with E-state index < -0.39 is 4.92 Å². The van der Waals surface area contributed by atoms with Crippen LogP contribution in [0.5, 0.6) is 0 Å². The Balaban J connectivity index is 1.98. The summed E-state index contributed by atoms with van der Waals surface area (Å²) in [5.74, 6) is 0.0286. The van der Waals surface area contributed by atoms with Crippen molar-refractivity contribution in [2.75, 3.05) is 5.32 Å². The molecule has 106 valence electrons. The first kappa shape index (κ1) is 14.7. The lowest BCUT2D eigenvalue weighted by Crippen LogP contribution is -2.08. The van der Waals surface area contributed by atoms with E-state index in [2.05, 4.69) is 10.3 Å². The lowest BCUT2D eigenvalue weighted by Gasteiger charge is -2.00. The van der Waals surface area contributed by atoms with Gasteiger partial charge in [0.25, 0.3) is 5.69 Å². The third-order valence-corrected chi connectivity index (χ3v) is 2.73. The molecule has 0 spiro atoms. The molecule has 0 atom stereocenters. The number of nitro groups is 1. The average molecular weight is 304 g/mol. The van der Waals surface area contributed by atoms with Crippen LogP contribution in [-0.4, -0.2) is 15.8 Å². The Kier molecular flexibility index (Phi) is 4.63. The monoisotopic (exact) mass is 303 g/mol. The van der Waals surface area contributed by atoms with Crippen molar-refractivity contribution in [2.24, 2.45) is 0 Å². The van der Waals surface area contributed by atoms with Gasteiger partial charge in [0, 0.05) is 24.4 Å². The molecule has 0 unspecified atom stereocenters. The maximum absolute atomic E-state index is 11.7. The summed E-state index contributed by atoms with van der Waals surface area (Å²) in [6, 6.07) is 9.06. The molecular formula is C14H10ClN3O3. The molecule has 0 bridgehead atoms. The molecule has 2 rings (SSSR count). The summed E-state index contributed by atoms with van der Waals surface area (Å²) in [7, 11) is 0.